The van der Waals surface area contributed by atoms with E-state index < -0.39 is 82.9 Å². The van der Waals surface area contributed by atoms with Crippen LogP contribution in [0.15, 0.2) is 22.2 Å². The highest BCUT2D eigenvalue weighted by Crippen LogP contribution is 2.49. The number of aliphatic hydroxyl groups excluding tert-OH is 1. The van der Waals surface area contributed by atoms with Crippen LogP contribution in [0, 0.1) is 0 Å². The van der Waals surface area contributed by atoms with E-state index in [4.69, 9.17) is 35.7 Å². The van der Waals surface area contributed by atoms with E-state index in [-0.39, 0.29) is 40.6 Å². The molecule has 0 aliphatic carbocycles. The summed E-state index contributed by atoms with van der Waals surface area (Å²) in [4.78, 5) is 73.8. The summed E-state index contributed by atoms with van der Waals surface area (Å²) >= 11 is 0. The molecule has 26 heteroatoms. The van der Waals surface area contributed by atoms with Gasteiger partial charge in [-0.05, 0) is 0 Å². The summed E-state index contributed by atoms with van der Waals surface area (Å²) in [5.41, 5.74) is 16.0. The maximum atomic E-state index is 13.1. The summed E-state index contributed by atoms with van der Waals surface area (Å²) < 4.78 is 53.4. The smallest absolute Gasteiger partial charge is 0.388 e. The van der Waals surface area contributed by atoms with Gasteiger partial charge in [0.1, 0.15) is 18.3 Å². The molecule has 2 saturated heterocycles. The van der Waals surface area contributed by atoms with Crippen molar-refractivity contribution >= 4 is 49.9 Å². The van der Waals surface area contributed by atoms with Gasteiger partial charge in [-0.3, -0.25) is 42.3 Å². The Balaban J connectivity index is 1.17. The monoisotopic (exact) mass is 691 g/mol. The Bertz CT molecular complexity index is 1990. The number of aliphatic hydroxyl groups is 1. The molecule has 6 rings (SSSR count). The predicted octanol–water partition coefficient (Wildman–Crippen LogP) is -3.10. The number of nitrogens with two attached hydrogens (primary N) is 3. The number of anilines is 2. The van der Waals surface area contributed by atoms with Gasteiger partial charge in [-0.1, -0.05) is 0 Å². The van der Waals surface area contributed by atoms with Crippen LogP contribution >= 0.6 is 15.6 Å². The van der Waals surface area contributed by atoms with Crippen LogP contribution in [-0.4, -0.2) is 102 Å². The number of hydrogen-bond acceptors (Lipinski definition) is 17. The third-order valence-electron chi connectivity index (χ3n) is 7.09. The number of nitrogen functional groups attached to an aromatic ring is 2. The summed E-state index contributed by atoms with van der Waals surface area (Å²) in [6.45, 7) is -1.43. The number of hydrogen-bond donors (Lipinski definition) is 9. The van der Waals surface area contributed by atoms with E-state index in [1.54, 1.807) is 0 Å². The first kappa shape index (κ1) is 32.3. The van der Waals surface area contributed by atoms with Crippen LogP contribution in [0.1, 0.15) is 18.9 Å². The van der Waals surface area contributed by atoms with Crippen LogP contribution in [0.3, 0.4) is 0 Å². The van der Waals surface area contributed by atoms with Crippen molar-refractivity contribution in [2.45, 2.75) is 49.3 Å². The molecule has 0 amide bonds. The van der Waals surface area contributed by atoms with Crippen molar-refractivity contribution < 1.29 is 52.0 Å². The quantitative estimate of drug-likeness (QED) is 0.0743. The minimum absolute atomic E-state index is 0.0320. The number of nitrogens with zero attached hydrogens (tertiary/aromatic N) is 6. The van der Waals surface area contributed by atoms with E-state index >= 15 is 0 Å². The van der Waals surface area contributed by atoms with Gasteiger partial charge in [-0.2, -0.15) is 9.97 Å². The highest BCUT2D eigenvalue weighted by Gasteiger charge is 2.49. The molecule has 4 aromatic heterocycles. The van der Waals surface area contributed by atoms with Crippen molar-refractivity contribution in [2.75, 3.05) is 24.7 Å². The number of phosphoric acid groups is 2. The Morgan fingerprint density at radius 1 is 0.913 bits per heavy atom. The number of ether oxygens (including phenoxy) is 2. The van der Waals surface area contributed by atoms with E-state index in [0.29, 0.717) is 0 Å². The number of aromatic amines is 2. The fourth-order valence-electron chi connectivity index (χ4n) is 5.16. The predicted molar refractivity (Wildman–Crippen MR) is 150 cm³/mol. The van der Waals surface area contributed by atoms with Crippen LogP contribution in [0.25, 0.3) is 22.3 Å². The minimum Gasteiger partial charge on any atom is -0.388 e. The molecule has 2 aliphatic rings. The van der Waals surface area contributed by atoms with Gasteiger partial charge in [0.15, 0.2) is 34.8 Å². The largest absolute Gasteiger partial charge is 0.472 e. The van der Waals surface area contributed by atoms with Gasteiger partial charge < -0.3 is 46.5 Å². The zero-order valence-corrected chi connectivity index (χ0v) is 24.9. The molecule has 24 nitrogen and oxygen atoms in total. The van der Waals surface area contributed by atoms with Crippen LogP contribution in [-0.2, 0) is 32.2 Å². The van der Waals surface area contributed by atoms with E-state index in [1.807, 2.05) is 0 Å². The Hall–Kier alpha value is -3.64. The van der Waals surface area contributed by atoms with Crippen LogP contribution < -0.4 is 28.3 Å². The molecule has 1 unspecified atom stereocenters. The third kappa shape index (κ3) is 6.33. The molecule has 2 fully saturated rings. The lowest BCUT2D eigenvalue weighted by Gasteiger charge is -2.24. The highest BCUT2D eigenvalue weighted by molar-refractivity contribution is 7.47. The second-order valence-electron chi connectivity index (χ2n) is 10.3. The maximum absolute atomic E-state index is 13.1. The number of nitrogens with one attached hydrogen (secondary N) is 2. The van der Waals surface area contributed by atoms with Crippen molar-refractivity contribution in [1.82, 2.24) is 39.0 Å². The van der Waals surface area contributed by atoms with Gasteiger partial charge in [0, 0.05) is 6.42 Å². The summed E-state index contributed by atoms with van der Waals surface area (Å²) in [6, 6.07) is -1.35. The lowest BCUT2D eigenvalue weighted by molar-refractivity contribution is -0.0555. The third-order valence-corrected chi connectivity index (χ3v) is 8.56. The zero-order chi connectivity index (χ0) is 33.1. The van der Waals surface area contributed by atoms with E-state index in [2.05, 4.69) is 34.4 Å². The molecule has 0 bridgehead atoms. The normalized spacial score (nSPS) is 28.3. The van der Waals surface area contributed by atoms with Gasteiger partial charge in [0.05, 0.1) is 38.0 Å². The molecule has 6 heterocycles. The van der Waals surface area contributed by atoms with Gasteiger partial charge in [-0.25, -0.2) is 19.1 Å². The number of H-pyrrole nitrogens is 2. The zero-order valence-electron chi connectivity index (χ0n) is 23.1. The maximum Gasteiger partial charge on any atom is 0.472 e. The lowest BCUT2D eigenvalue weighted by atomic mass is 10.1. The number of aromatic nitrogens is 8. The lowest BCUT2D eigenvalue weighted by Crippen LogP contribution is -2.41. The summed E-state index contributed by atoms with van der Waals surface area (Å²) in [5.74, 6) is -0.453. The minimum atomic E-state index is -5.04. The SMILES string of the molecule is Nc1nc2c(ncn2[C@@H]2O[C@H](COP(=O)(O)O)[C@@H](OP(=O)(O)OC[C@@H]3C[C@@H](O)[C@H](n4cnc5c(=O)[nH]c(N)nc54)O3)[C@H]2N)c(=O)[nH]1. The average molecular weight is 691 g/mol. The van der Waals surface area contributed by atoms with Gasteiger partial charge >= 0.3 is 15.6 Å². The molecule has 2 aliphatic heterocycles. The summed E-state index contributed by atoms with van der Waals surface area (Å²) in [6.07, 6.45) is -5.34. The molecular formula is C20H27N11O13P2. The number of imidazole rings is 2. The van der Waals surface area contributed by atoms with Crippen molar-refractivity contribution in [3.05, 3.63) is 33.4 Å². The Morgan fingerprint density at radius 3 is 2.04 bits per heavy atom. The molecule has 8 atom stereocenters. The van der Waals surface area contributed by atoms with Crippen molar-refractivity contribution in [3.8, 4) is 0 Å². The fraction of sp³-hybridized carbons (Fsp3) is 0.500. The number of fused-ring (bicyclic) bond motifs is 2. The fourth-order valence-corrected chi connectivity index (χ4v) is 6.50. The van der Waals surface area contributed by atoms with Crippen molar-refractivity contribution in [1.29, 1.82) is 0 Å². The second-order valence-corrected chi connectivity index (χ2v) is 12.9. The molecule has 250 valence electrons. The molecule has 12 N–H and O–H groups in total. The number of rotatable bonds is 10. The Morgan fingerprint density at radius 2 is 1.48 bits per heavy atom. The molecule has 0 aromatic carbocycles. The number of phosphoric ester groups is 2. The first-order chi connectivity index (χ1) is 21.6. The average Bonchev–Trinajstić information content (AvgIpc) is 3.72. The standard InChI is InChI=1S/C20H27N11O13P2/c21-9-12(8(3-40-45(35,36)37)43-18(9)31-5-25-11-14(31)27-20(23)29-16(11)34)44-46(38,39)41-2-6-1-7(32)17(42-6)30-4-24-10-13(30)26-19(22)28-15(10)33/h4-9,12,17-18,32H,1-3,21H2,(H,38,39)(H2,35,36,37)(H3,22,26,28,33)(H3,23,27,29,34)/t6-,7+,8+,9+,12+,17+,18+/m0/s1. The van der Waals surface area contributed by atoms with Crippen molar-refractivity contribution in [2.24, 2.45) is 5.73 Å². The molecular weight excluding hydrogens is 664 g/mol. The highest BCUT2D eigenvalue weighted by atomic mass is 31.2. The molecule has 0 radical (unpaired) electrons. The molecule has 4 aromatic rings. The first-order valence-electron chi connectivity index (χ1n) is 13.2. The van der Waals surface area contributed by atoms with E-state index in [9.17, 15) is 38.5 Å². The van der Waals surface area contributed by atoms with E-state index in [0.717, 1.165) is 6.33 Å². The topological polar surface area (TPSA) is 366 Å². The van der Waals surface area contributed by atoms with Crippen molar-refractivity contribution in [3.63, 3.8) is 0 Å². The van der Waals surface area contributed by atoms with Crippen LogP contribution in [0.4, 0.5) is 11.9 Å². The second kappa shape index (κ2) is 11.9. The first-order valence-corrected chi connectivity index (χ1v) is 16.2. The molecule has 46 heavy (non-hydrogen) atoms. The van der Waals surface area contributed by atoms with Crippen LogP contribution in [0.2, 0.25) is 0 Å². The molecule has 0 spiro atoms. The Kier molecular flexibility index (Phi) is 8.33. The molecule has 0 saturated carbocycles. The van der Waals surface area contributed by atoms with E-state index in [1.165, 1.54) is 15.5 Å². The summed E-state index contributed by atoms with van der Waals surface area (Å²) in [7, 11) is -10.1. The summed E-state index contributed by atoms with van der Waals surface area (Å²) in [5, 5.41) is 10.6. The van der Waals surface area contributed by atoms with Gasteiger partial charge in [-0.15, -0.1) is 0 Å². The van der Waals surface area contributed by atoms with Gasteiger partial charge in [0.25, 0.3) is 11.1 Å². The van der Waals surface area contributed by atoms with Crippen LogP contribution in [0.5, 0.6) is 0 Å². The van der Waals surface area contributed by atoms with Gasteiger partial charge in [0.2, 0.25) is 11.9 Å². The Labute approximate surface area is 254 Å².